The van der Waals surface area contributed by atoms with Gasteiger partial charge in [0.15, 0.2) is 0 Å². The zero-order chi connectivity index (χ0) is 14.5. The average molecular weight is 296 g/mol. The second kappa shape index (κ2) is 6.82. The summed E-state index contributed by atoms with van der Waals surface area (Å²) >= 11 is 5.78. The highest BCUT2D eigenvalue weighted by Crippen LogP contribution is 2.20. The number of halogens is 3. The van der Waals surface area contributed by atoms with Crippen molar-refractivity contribution < 1.29 is 8.78 Å². The summed E-state index contributed by atoms with van der Waals surface area (Å²) < 4.78 is 26.8. The minimum Gasteiger partial charge on any atom is -0.316 e. The first-order valence-corrected chi connectivity index (χ1v) is 6.82. The van der Waals surface area contributed by atoms with Crippen LogP contribution in [0.15, 0.2) is 42.5 Å². The molecule has 0 aromatic heterocycles. The highest BCUT2D eigenvalue weighted by atomic mass is 35.5. The standard InChI is InChI=1S/C16H16ClF2N/c1-20-14(9-11-5-7-13(18)8-6-11)10-12-3-2-4-15(17)16(12)19/h2-8,14,20H,9-10H2,1H3. The molecule has 0 saturated carbocycles. The molecule has 0 aliphatic rings. The topological polar surface area (TPSA) is 12.0 Å². The van der Waals surface area contributed by atoms with Gasteiger partial charge in [-0.05, 0) is 49.2 Å². The number of hydrogen-bond donors (Lipinski definition) is 1. The van der Waals surface area contributed by atoms with E-state index < -0.39 is 0 Å². The Morgan fingerprint density at radius 3 is 2.40 bits per heavy atom. The van der Waals surface area contributed by atoms with E-state index in [0.29, 0.717) is 18.4 Å². The largest absolute Gasteiger partial charge is 0.316 e. The molecule has 0 heterocycles. The van der Waals surface area contributed by atoms with Crippen LogP contribution in [0.25, 0.3) is 0 Å². The summed E-state index contributed by atoms with van der Waals surface area (Å²) in [4.78, 5) is 0. The molecule has 0 bridgehead atoms. The third kappa shape index (κ3) is 3.78. The maximum atomic E-state index is 13.9. The van der Waals surface area contributed by atoms with E-state index in [4.69, 9.17) is 11.6 Å². The molecular formula is C16H16ClF2N. The summed E-state index contributed by atoms with van der Waals surface area (Å²) in [6, 6.07) is 11.4. The van der Waals surface area contributed by atoms with Crippen LogP contribution in [0.5, 0.6) is 0 Å². The molecule has 20 heavy (non-hydrogen) atoms. The molecule has 0 fully saturated rings. The van der Waals surface area contributed by atoms with Crippen molar-refractivity contribution in [3.8, 4) is 0 Å². The predicted molar refractivity (Wildman–Crippen MR) is 78.1 cm³/mol. The lowest BCUT2D eigenvalue weighted by atomic mass is 9.99. The molecule has 2 rings (SSSR count). The van der Waals surface area contributed by atoms with Gasteiger partial charge >= 0.3 is 0 Å². The van der Waals surface area contributed by atoms with Crippen LogP contribution < -0.4 is 5.32 Å². The zero-order valence-electron chi connectivity index (χ0n) is 11.2. The number of benzene rings is 2. The first-order valence-electron chi connectivity index (χ1n) is 6.44. The maximum absolute atomic E-state index is 13.9. The zero-order valence-corrected chi connectivity index (χ0v) is 11.9. The average Bonchev–Trinajstić information content (AvgIpc) is 2.45. The van der Waals surface area contributed by atoms with Crippen LogP contribution in [-0.2, 0) is 12.8 Å². The van der Waals surface area contributed by atoms with E-state index in [1.54, 1.807) is 24.3 Å². The Morgan fingerprint density at radius 1 is 1.05 bits per heavy atom. The van der Waals surface area contributed by atoms with Crippen LogP contribution in [0.1, 0.15) is 11.1 Å². The summed E-state index contributed by atoms with van der Waals surface area (Å²) in [7, 11) is 1.83. The molecule has 0 spiro atoms. The predicted octanol–water partition coefficient (Wildman–Crippen LogP) is 3.99. The van der Waals surface area contributed by atoms with Crippen LogP contribution in [0.4, 0.5) is 8.78 Å². The Morgan fingerprint density at radius 2 is 1.75 bits per heavy atom. The van der Waals surface area contributed by atoms with Gasteiger partial charge in [-0.25, -0.2) is 8.78 Å². The highest BCUT2D eigenvalue weighted by Gasteiger charge is 2.13. The Hall–Kier alpha value is -1.45. The van der Waals surface area contributed by atoms with Crippen molar-refractivity contribution in [3.05, 3.63) is 70.2 Å². The van der Waals surface area contributed by atoms with Gasteiger partial charge in [-0.15, -0.1) is 0 Å². The number of likely N-dealkylation sites (N-methyl/N-ethyl adjacent to an activating group) is 1. The van der Waals surface area contributed by atoms with Gasteiger partial charge in [0.05, 0.1) is 5.02 Å². The van der Waals surface area contributed by atoms with E-state index in [0.717, 1.165) is 5.56 Å². The number of hydrogen-bond acceptors (Lipinski definition) is 1. The highest BCUT2D eigenvalue weighted by molar-refractivity contribution is 6.30. The smallest absolute Gasteiger partial charge is 0.145 e. The molecule has 1 N–H and O–H groups in total. The minimum absolute atomic E-state index is 0.0634. The monoisotopic (exact) mass is 295 g/mol. The second-order valence-corrected chi connectivity index (χ2v) is 5.14. The van der Waals surface area contributed by atoms with E-state index in [1.165, 1.54) is 18.2 Å². The molecule has 0 amide bonds. The molecule has 1 unspecified atom stereocenters. The summed E-state index contributed by atoms with van der Waals surface area (Å²) in [6.07, 6.45) is 1.23. The van der Waals surface area contributed by atoms with Gasteiger partial charge in [0.2, 0.25) is 0 Å². The van der Waals surface area contributed by atoms with Crippen molar-refractivity contribution in [1.29, 1.82) is 0 Å². The quantitative estimate of drug-likeness (QED) is 0.879. The van der Waals surface area contributed by atoms with Gasteiger partial charge in [0.1, 0.15) is 11.6 Å². The molecule has 4 heteroatoms. The Bertz CT molecular complexity index is 569. The van der Waals surface area contributed by atoms with Crippen molar-refractivity contribution in [1.82, 2.24) is 5.32 Å². The SMILES string of the molecule is CNC(Cc1ccc(F)cc1)Cc1cccc(Cl)c1F. The molecule has 106 valence electrons. The fourth-order valence-electron chi connectivity index (χ4n) is 2.15. The van der Waals surface area contributed by atoms with Gasteiger partial charge in [0, 0.05) is 6.04 Å². The Kier molecular flexibility index (Phi) is 5.10. The van der Waals surface area contributed by atoms with E-state index in [2.05, 4.69) is 5.32 Å². The molecule has 0 aliphatic heterocycles. The first-order chi connectivity index (χ1) is 9.60. The van der Waals surface area contributed by atoms with Crippen molar-refractivity contribution in [2.45, 2.75) is 18.9 Å². The van der Waals surface area contributed by atoms with Crippen LogP contribution in [0, 0.1) is 11.6 Å². The van der Waals surface area contributed by atoms with Crippen molar-refractivity contribution in [2.75, 3.05) is 7.05 Å². The molecule has 0 saturated heterocycles. The summed E-state index contributed by atoms with van der Waals surface area (Å²) in [5.41, 5.74) is 1.59. The molecule has 1 atom stereocenters. The van der Waals surface area contributed by atoms with Crippen LogP contribution in [-0.4, -0.2) is 13.1 Å². The van der Waals surface area contributed by atoms with E-state index in [-0.39, 0.29) is 22.7 Å². The van der Waals surface area contributed by atoms with E-state index in [1.807, 2.05) is 7.05 Å². The lowest BCUT2D eigenvalue weighted by Gasteiger charge is -2.17. The molecule has 0 radical (unpaired) electrons. The Labute approximate surface area is 122 Å². The van der Waals surface area contributed by atoms with Gasteiger partial charge in [-0.3, -0.25) is 0 Å². The number of rotatable bonds is 5. The third-order valence-corrected chi connectivity index (χ3v) is 3.59. The number of nitrogens with one attached hydrogen (secondary N) is 1. The van der Waals surface area contributed by atoms with Crippen molar-refractivity contribution in [3.63, 3.8) is 0 Å². The van der Waals surface area contributed by atoms with E-state index in [9.17, 15) is 8.78 Å². The molecular weight excluding hydrogens is 280 g/mol. The van der Waals surface area contributed by atoms with E-state index >= 15 is 0 Å². The van der Waals surface area contributed by atoms with Gasteiger partial charge in [-0.2, -0.15) is 0 Å². The van der Waals surface area contributed by atoms with Crippen LogP contribution in [0.2, 0.25) is 5.02 Å². The summed E-state index contributed by atoms with van der Waals surface area (Å²) in [5.74, 6) is -0.621. The van der Waals surface area contributed by atoms with Gasteiger partial charge < -0.3 is 5.32 Å². The minimum atomic E-state index is -0.367. The van der Waals surface area contributed by atoms with Gasteiger partial charge in [0.25, 0.3) is 0 Å². The first kappa shape index (κ1) is 14.9. The molecule has 0 aliphatic carbocycles. The Balaban J connectivity index is 2.09. The van der Waals surface area contributed by atoms with Crippen molar-refractivity contribution in [2.24, 2.45) is 0 Å². The summed E-state index contributed by atoms with van der Waals surface area (Å²) in [6.45, 7) is 0. The van der Waals surface area contributed by atoms with Crippen LogP contribution in [0.3, 0.4) is 0 Å². The van der Waals surface area contributed by atoms with Crippen LogP contribution >= 0.6 is 11.6 Å². The second-order valence-electron chi connectivity index (χ2n) is 4.73. The fourth-order valence-corrected chi connectivity index (χ4v) is 2.35. The van der Waals surface area contributed by atoms with Crippen molar-refractivity contribution >= 4 is 11.6 Å². The lowest BCUT2D eigenvalue weighted by molar-refractivity contribution is 0.531. The normalized spacial score (nSPS) is 12.4. The summed E-state index contributed by atoms with van der Waals surface area (Å²) in [5, 5.41) is 3.29. The maximum Gasteiger partial charge on any atom is 0.145 e. The molecule has 1 nitrogen and oxygen atoms in total. The van der Waals surface area contributed by atoms with Gasteiger partial charge in [-0.1, -0.05) is 35.9 Å². The fraction of sp³-hybridized carbons (Fsp3) is 0.250. The molecule has 2 aromatic carbocycles. The lowest BCUT2D eigenvalue weighted by Crippen LogP contribution is -2.30. The third-order valence-electron chi connectivity index (χ3n) is 3.30. The molecule has 2 aromatic rings.